The van der Waals surface area contributed by atoms with Gasteiger partial charge in [-0.05, 0) is 38.6 Å². The van der Waals surface area contributed by atoms with Crippen LogP contribution in [0.3, 0.4) is 0 Å². The predicted molar refractivity (Wildman–Crippen MR) is 63.8 cm³/mol. The van der Waals surface area contributed by atoms with Gasteiger partial charge in [-0.2, -0.15) is 0 Å². The van der Waals surface area contributed by atoms with Crippen LogP contribution in [0, 0.1) is 11.6 Å². The molecule has 1 aliphatic rings. The van der Waals surface area contributed by atoms with Crippen molar-refractivity contribution in [2.45, 2.75) is 25.4 Å². The fourth-order valence-corrected chi connectivity index (χ4v) is 2.41. The van der Waals surface area contributed by atoms with Crippen LogP contribution in [0.1, 0.15) is 24.9 Å². The molecule has 17 heavy (non-hydrogen) atoms. The molecule has 2 nitrogen and oxygen atoms in total. The highest BCUT2D eigenvalue weighted by atomic mass is 19.1. The lowest BCUT2D eigenvalue weighted by Gasteiger charge is -2.25. The quantitative estimate of drug-likeness (QED) is 0.872. The minimum Gasteiger partial charge on any atom is -0.316 e. The Morgan fingerprint density at radius 3 is 2.82 bits per heavy atom. The van der Waals surface area contributed by atoms with Crippen LogP contribution < -0.4 is 5.32 Å². The molecule has 1 aromatic rings. The van der Waals surface area contributed by atoms with Crippen LogP contribution in [-0.4, -0.2) is 31.1 Å². The van der Waals surface area contributed by atoms with Crippen molar-refractivity contribution in [3.05, 3.63) is 35.4 Å². The number of hydrogen-bond acceptors (Lipinski definition) is 2. The van der Waals surface area contributed by atoms with Crippen molar-refractivity contribution in [1.82, 2.24) is 10.2 Å². The van der Waals surface area contributed by atoms with Crippen molar-refractivity contribution in [3.63, 3.8) is 0 Å². The standard InChI is InChI=1S/C13H18F2N2/c1-9(17-6-5-11(8-17)16-2)12-7-10(14)3-4-13(12)15/h3-4,7,9,11,16H,5-6,8H2,1-2H3. The van der Waals surface area contributed by atoms with E-state index in [0.717, 1.165) is 25.6 Å². The molecule has 2 atom stereocenters. The average molecular weight is 240 g/mol. The van der Waals surface area contributed by atoms with E-state index in [0.29, 0.717) is 11.6 Å². The Kier molecular flexibility index (Phi) is 3.74. The third-order valence-corrected chi connectivity index (χ3v) is 3.58. The molecule has 1 fully saturated rings. The van der Waals surface area contributed by atoms with Gasteiger partial charge in [0, 0.05) is 30.7 Å². The summed E-state index contributed by atoms with van der Waals surface area (Å²) in [5.41, 5.74) is 0.446. The first kappa shape index (κ1) is 12.5. The predicted octanol–water partition coefficient (Wildman–Crippen LogP) is 2.32. The molecule has 1 aliphatic heterocycles. The Morgan fingerprint density at radius 1 is 1.41 bits per heavy atom. The normalized spacial score (nSPS) is 22.9. The number of halogens is 2. The van der Waals surface area contributed by atoms with Crippen LogP contribution >= 0.6 is 0 Å². The summed E-state index contributed by atoms with van der Waals surface area (Å²) in [6, 6.07) is 4.03. The second-order valence-electron chi connectivity index (χ2n) is 4.61. The van der Waals surface area contributed by atoms with E-state index in [2.05, 4.69) is 10.2 Å². The molecule has 1 aromatic carbocycles. The van der Waals surface area contributed by atoms with E-state index in [9.17, 15) is 8.78 Å². The topological polar surface area (TPSA) is 15.3 Å². The van der Waals surface area contributed by atoms with Gasteiger partial charge in [0.1, 0.15) is 11.6 Å². The Labute approximate surface area is 101 Å². The van der Waals surface area contributed by atoms with E-state index in [4.69, 9.17) is 0 Å². The van der Waals surface area contributed by atoms with Crippen molar-refractivity contribution >= 4 is 0 Å². The summed E-state index contributed by atoms with van der Waals surface area (Å²) in [6.45, 7) is 3.73. The Balaban J connectivity index is 2.14. The molecule has 0 bridgehead atoms. The molecule has 0 amide bonds. The highest BCUT2D eigenvalue weighted by Gasteiger charge is 2.27. The summed E-state index contributed by atoms with van der Waals surface area (Å²) in [5, 5.41) is 3.22. The van der Waals surface area contributed by atoms with Crippen molar-refractivity contribution in [2.24, 2.45) is 0 Å². The van der Waals surface area contributed by atoms with Gasteiger partial charge in [0.05, 0.1) is 0 Å². The average Bonchev–Trinajstić information content (AvgIpc) is 2.80. The van der Waals surface area contributed by atoms with E-state index >= 15 is 0 Å². The SMILES string of the molecule is CNC1CCN(C(C)c2cc(F)ccc2F)C1. The van der Waals surface area contributed by atoms with Gasteiger partial charge in [-0.25, -0.2) is 8.78 Å². The number of likely N-dealkylation sites (N-methyl/N-ethyl adjacent to an activating group) is 1. The summed E-state index contributed by atoms with van der Waals surface area (Å²) in [7, 11) is 1.93. The fourth-order valence-electron chi connectivity index (χ4n) is 2.41. The van der Waals surface area contributed by atoms with Crippen molar-refractivity contribution in [3.8, 4) is 0 Å². The summed E-state index contributed by atoms with van der Waals surface area (Å²) in [5.74, 6) is -0.704. The Bertz CT molecular complexity index is 395. The molecule has 0 aliphatic carbocycles. The molecule has 1 N–H and O–H groups in total. The molecule has 0 spiro atoms. The Hall–Kier alpha value is -1.00. The number of benzene rings is 1. The largest absolute Gasteiger partial charge is 0.316 e. The van der Waals surface area contributed by atoms with Gasteiger partial charge in [-0.1, -0.05) is 0 Å². The number of hydrogen-bond donors (Lipinski definition) is 1. The second kappa shape index (κ2) is 5.10. The lowest BCUT2D eigenvalue weighted by Crippen LogP contribution is -2.31. The zero-order chi connectivity index (χ0) is 12.4. The molecule has 0 aromatic heterocycles. The Morgan fingerprint density at radius 2 is 2.18 bits per heavy atom. The summed E-state index contributed by atoms with van der Waals surface area (Å²) in [6.07, 6.45) is 1.05. The van der Waals surface area contributed by atoms with Gasteiger partial charge in [0.2, 0.25) is 0 Å². The van der Waals surface area contributed by atoms with E-state index in [1.807, 2.05) is 14.0 Å². The van der Waals surface area contributed by atoms with Crippen LogP contribution in [-0.2, 0) is 0 Å². The zero-order valence-electron chi connectivity index (χ0n) is 10.2. The van der Waals surface area contributed by atoms with Crippen LogP contribution in [0.25, 0.3) is 0 Å². The highest BCUT2D eigenvalue weighted by Crippen LogP contribution is 2.27. The molecule has 0 saturated carbocycles. The zero-order valence-corrected chi connectivity index (χ0v) is 10.2. The third kappa shape index (κ3) is 2.64. The van der Waals surface area contributed by atoms with E-state index in [-0.39, 0.29) is 17.7 Å². The van der Waals surface area contributed by atoms with E-state index in [1.165, 1.54) is 12.1 Å². The maximum absolute atomic E-state index is 13.6. The first-order valence-electron chi connectivity index (χ1n) is 5.98. The number of nitrogens with zero attached hydrogens (tertiary/aromatic N) is 1. The maximum atomic E-state index is 13.6. The first-order chi connectivity index (χ1) is 8.11. The summed E-state index contributed by atoms with van der Waals surface area (Å²) in [4.78, 5) is 2.18. The van der Waals surface area contributed by atoms with Gasteiger partial charge in [-0.15, -0.1) is 0 Å². The van der Waals surface area contributed by atoms with E-state index in [1.54, 1.807) is 0 Å². The molecule has 4 heteroatoms. The van der Waals surface area contributed by atoms with Crippen molar-refractivity contribution in [1.29, 1.82) is 0 Å². The van der Waals surface area contributed by atoms with Crippen LogP contribution in [0.2, 0.25) is 0 Å². The van der Waals surface area contributed by atoms with Crippen molar-refractivity contribution in [2.75, 3.05) is 20.1 Å². The molecular weight excluding hydrogens is 222 g/mol. The minimum absolute atomic E-state index is 0.0796. The lowest BCUT2D eigenvalue weighted by molar-refractivity contribution is 0.251. The molecule has 1 heterocycles. The summed E-state index contributed by atoms with van der Waals surface area (Å²) >= 11 is 0. The first-order valence-corrected chi connectivity index (χ1v) is 5.98. The van der Waals surface area contributed by atoms with Gasteiger partial charge in [0.15, 0.2) is 0 Å². The maximum Gasteiger partial charge on any atom is 0.128 e. The van der Waals surface area contributed by atoms with Crippen molar-refractivity contribution < 1.29 is 8.78 Å². The molecule has 2 unspecified atom stereocenters. The second-order valence-corrected chi connectivity index (χ2v) is 4.61. The number of rotatable bonds is 3. The molecule has 1 saturated heterocycles. The van der Waals surface area contributed by atoms with Gasteiger partial charge in [0.25, 0.3) is 0 Å². The number of likely N-dealkylation sites (tertiary alicyclic amines) is 1. The molecule has 2 rings (SSSR count). The number of nitrogens with one attached hydrogen (secondary N) is 1. The monoisotopic (exact) mass is 240 g/mol. The lowest BCUT2D eigenvalue weighted by atomic mass is 10.1. The molecule has 94 valence electrons. The third-order valence-electron chi connectivity index (χ3n) is 3.58. The van der Waals surface area contributed by atoms with Crippen LogP contribution in [0.5, 0.6) is 0 Å². The fraction of sp³-hybridized carbons (Fsp3) is 0.538. The summed E-state index contributed by atoms with van der Waals surface area (Å²) < 4.78 is 26.8. The van der Waals surface area contributed by atoms with Crippen LogP contribution in [0.15, 0.2) is 18.2 Å². The van der Waals surface area contributed by atoms with Gasteiger partial charge < -0.3 is 5.32 Å². The van der Waals surface area contributed by atoms with Crippen LogP contribution in [0.4, 0.5) is 8.78 Å². The van der Waals surface area contributed by atoms with Gasteiger partial charge >= 0.3 is 0 Å². The molecule has 0 radical (unpaired) electrons. The minimum atomic E-state index is -0.377. The smallest absolute Gasteiger partial charge is 0.128 e. The van der Waals surface area contributed by atoms with Gasteiger partial charge in [-0.3, -0.25) is 4.90 Å². The van der Waals surface area contributed by atoms with E-state index < -0.39 is 0 Å². The highest BCUT2D eigenvalue weighted by molar-refractivity contribution is 5.22. The molecular formula is C13H18F2N2.